The molecule has 1 aliphatic heterocycles. The van der Waals surface area contributed by atoms with Crippen molar-refractivity contribution in [1.82, 2.24) is 10.3 Å². The van der Waals surface area contributed by atoms with Crippen molar-refractivity contribution in [2.24, 2.45) is 5.10 Å². The number of hydrogen-bond acceptors (Lipinski definition) is 7. The van der Waals surface area contributed by atoms with Crippen LogP contribution in [0.3, 0.4) is 0 Å². The van der Waals surface area contributed by atoms with Crippen molar-refractivity contribution in [3.63, 3.8) is 0 Å². The van der Waals surface area contributed by atoms with Crippen LogP contribution in [0, 0.1) is 0 Å². The molecule has 134 valence electrons. The number of thioether (sulfide) groups is 1. The Morgan fingerprint density at radius 2 is 1.88 bits per heavy atom. The molecule has 1 N–H and O–H groups in total. The van der Waals surface area contributed by atoms with Gasteiger partial charge in [0.1, 0.15) is 16.0 Å². The van der Waals surface area contributed by atoms with E-state index in [1.54, 1.807) is 41.8 Å². The van der Waals surface area contributed by atoms with E-state index in [0.717, 1.165) is 5.56 Å². The van der Waals surface area contributed by atoms with E-state index in [1.807, 2.05) is 0 Å². The first-order chi connectivity index (χ1) is 12.4. The minimum Gasteiger partial charge on any atom is -0.422 e. The van der Waals surface area contributed by atoms with Crippen LogP contribution in [0.2, 0.25) is 0 Å². The minimum atomic E-state index is -0.412. The Balaban J connectivity index is 1.72. The van der Waals surface area contributed by atoms with Crippen LogP contribution in [-0.2, 0) is 9.59 Å². The maximum atomic E-state index is 12.0. The second-order valence-corrected chi connectivity index (χ2v) is 7.37. The Kier molecular flexibility index (Phi) is 5.38. The maximum absolute atomic E-state index is 12.0. The average molecular weight is 389 g/mol. The molecule has 1 atom stereocenters. The molecule has 1 aromatic heterocycles. The summed E-state index contributed by atoms with van der Waals surface area (Å²) in [4.78, 5) is 35.5. The fraction of sp³-hybridized carbons (Fsp3) is 0.176. The molecule has 1 aromatic carbocycles. The topological polar surface area (TPSA) is 88.1 Å². The van der Waals surface area contributed by atoms with Gasteiger partial charge >= 0.3 is 5.97 Å². The first kappa shape index (κ1) is 18.2. The molecule has 26 heavy (non-hydrogen) atoms. The Bertz CT molecular complexity index is 863. The van der Waals surface area contributed by atoms with E-state index >= 15 is 0 Å². The molecular formula is C17H15N3O4S2. The third-order valence-electron chi connectivity index (χ3n) is 3.35. The van der Waals surface area contributed by atoms with E-state index < -0.39 is 11.3 Å². The van der Waals surface area contributed by atoms with E-state index in [2.05, 4.69) is 10.4 Å². The van der Waals surface area contributed by atoms with Gasteiger partial charge in [-0.2, -0.15) is 0 Å². The number of hydrogen-bond donors (Lipinski definition) is 1. The fourth-order valence-corrected chi connectivity index (χ4v) is 3.97. The van der Waals surface area contributed by atoms with Gasteiger partial charge in [0.05, 0.1) is 0 Å². The second-order valence-electron chi connectivity index (χ2n) is 5.36. The van der Waals surface area contributed by atoms with Gasteiger partial charge in [0.2, 0.25) is 11.8 Å². The molecule has 0 aliphatic carbocycles. The molecule has 0 saturated heterocycles. The highest BCUT2D eigenvalue weighted by molar-refractivity contribution is 8.14. The molecule has 0 saturated carbocycles. The van der Waals surface area contributed by atoms with Gasteiger partial charge in [0.15, 0.2) is 5.17 Å². The van der Waals surface area contributed by atoms with Gasteiger partial charge in [-0.25, -0.2) is 9.80 Å². The lowest BCUT2D eigenvalue weighted by atomic mass is 10.2. The van der Waals surface area contributed by atoms with Crippen LogP contribution in [0.15, 0.2) is 46.9 Å². The second kappa shape index (κ2) is 7.71. The maximum Gasteiger partial charge on any atom is 0.353 e. The van der Waals surface area contributed by atoms with Gasteiger partial charge in [0, 0.05) is 13.8 Å². The summed E-state index contributed by atoms with van der Waals surface area (Å²) in [7, 11) is 0. The van der Waals surface area contributed by atoms with Crippen molar-refractivity contribution in [2.75, 3.05) is 0 Å². The molecular weight excluding hydrogens is 374 g/mol. The van der Waals surface area contributed by atoms with E-state index in [-0.39, 0.29) is 11.8 Å². The summed E-state index contributed by atoms with van der Waals surface area (Å²) < 4.78 is 5.32. The number of ether oxygens (including phenoxy) is 1. The molecule has 2 heterocycles. The molecule has 0 spiro atoms. The Morgan fingerprint density at radius 3 is 2.46 bits per heavy atom. The minimum absolute atomic E-state index is 0.240. The van der Waals surface area contributed by atoms with Gasteiger partial charge in [-0.3, -0.25) is 9.59 Å². The molecule has 0 radical (unpaired) electrons. The largest absolute Gasteiger partial charge is 0.422 e. The van der Waals surface area contributed by atoms with Crippen LogP contribution in [0.5, 0.6) is 5.75 Å². The smallest absolute Gasteiger partial charge is 0.353 e. The third-order valence-corrected chi connectivity index (χ3v) is 5.30. The molecule has 0 fully saturated rings. The highest BCUT2D eigenvalue weighted by Gasteiger charge is 2.32. The van der Waals surface area contributed by atoms with Gasteiger partial charge in [-0.05, 0) is 29.1 Å². The van der Waals surface area contributed by atoms with Crippen molar-refractivity contribution < 1.29 is 19.1 Å². The normalized spacial score (nSPS) is 16.2. The van der Waals surface area contributed by atoms with Crippen molar-refractivity contribution >= 4 is 46.0 Å². The lowest BCUT2D eigenvalue weighted by molar-refractivity contribution is -0.129. The molecule has 1 aliphatic rings. The van der Waals surface area contributed by atoms with Crippen LogP contribution >= 0.6 is 23.1 Å². The van der Waals surface area contributed by atoms with Gasteiger partial charge in [-0.15, -0.1) is 16.4 Å². The molecule has 7 nitrogen and oxygen atoms in total. The monoisotopic (exact) mass is 389 g/mol. The van der Waals surface area contributed by atoms with Crippen molar-refractivity contribution in [1.29, 1.82) is 0 Å². The number of esters is 1. The number of amidine groups is 1. The number of thiophene rings is 1. The van der Waals surface area contributed by atoms with E-state index in [4.69, 9.17) is 4.74 Å². The zero-order valence-electron chi connectivity index (χ0n) is 14.0. The summed E-state index contributed by atoms with van der Waals surface area (Å²) in [5, 5.41) is 9.82. The van der Waals surface area contributed by atoms with Crippen LogP contribution in [0.25, 0.3) is 0 Å². The van der Waals surface area contributed by atoms with Crippen molar-refractivity contribution in [2.45, 2.75) is 19.2 Å². The number of nitrogens with one attached hydrogen (secondary N) is 1. The first-order valence-electron chi connectivity index (χ1n) is 7.62. The Morgan fingerprint density at radius 1 is 1.15 bits per heavy atom. The molecule has 2 aromatic rings. The molecule has 0 bridgehead atoms. The number of amides is 2. The van der Waals surface area contributed by atoms with Crippen LogP contribution in [-0.4, -0.2) is 28.0 Å². The lowest BCUT2D eigenvalue weighted by Crippen LogP contribution is -2.25. The zero-order valence-corrected chi connectivity index (χ0v) is 15.6. The lowest BCUT2D eigenvalue weighted by Gasteiger charge is -2.19. The van der Waals surface area contributed by atoms with Crippen LogP contribution in [0.1, 0.15) is 34.5 Å². The fourth-order valence-electron chi connectivity index (χ4n) is 2.23. The van der Waals surface area contributed by atoms with Crippen molar-refractivity contribution in [3.8, 4) is 5.75 Å². The van der Waals surface area contributed by atoms with Crippen molar-refractivity contribution in [3.05, 3.63) is 52.2 Å². The van der Waals surface area contributed by atoms with Gasteiger partial charge < -0.3 is 10.1 Å². The molecule has 9 heteroatoms. The SMILES string of the molecule is CC(=O)NC1=NN(C(C)=O)C(c2ccc(OC(=O)c3cccs3)cc2)S1. The molecule has 1 unspecified atom stereocenters. The first-order valence-corrected chi connectivity index (χ1v) is 9.38. The highest BCUT2D eigenvalue weighted by atomic mass is 32.2. The predicted octanol–water partition coefficient (Wildman–Crippen LogP) is 2.97. The predicted molar refractivity (Wildman–Crippen MR) is 99.8 cm³/mol. The summed E-state index contributed by atoms with van der Waals surface area (Å²) in [6.07, 6.45) is 0. The highest BCUT2D eigenvalue weighted by Crippen LogP contribution is 2.39. The summed E-state index contributed by atoms with van der Waals surface area (Å²) >= 11 is 2.57. The van der Waals surface area contributed by atoms with E-state index in [9.17, 15) is 14.4 Å². The number of nitrogens with zero attached hydrogens (tertiary/aromatic N) is 2. The number of benzene rings is 1. The molecule has 3 rings (SSSR count). The molecule has 2 amide bonds. The van der Waals surface area contributed by atoms with E-state index in [1.165, 1.54) is 42.0 Å². The zero-order chi connectivity index (χ0) is 18.7. The third kappa shape index (κ3) is 4.12. The van der Waals surface area contributed by atoms with Gasteiger partial charge in [0.25, 0.3) is 0 Å². The number of hydrazone groups is 1. The number of rotatable bonds is 3. The standard InChI is InChI=1S/C17H15N3O4S2/c1-10(21)18-17-19-20(11(2)22)15(26-17)12-5-7-13(8-6-12)24-16(23)14-4-3-9-25-14/h3-9,15H,1-2H3,(H,18,19,21). The summed E-state index contributed by atoms with van der Waals surface area (Å²) in [5.74, 6) is -0.496. The number of carbonyl (C=O) groups is 3. The Labute approximate surface area is 158 Å². The van der Waals surface area contributed by atoms with Crippen LogP contribution in [0.4, 0.5) is 0 Å². The quantitative estimate of drug-likeness (QED) is 0.644. The summed E-state index contributed by atoms with van der Waals surface area (Å²) in [6.45, 7) is 2.79. The van der Waals surface area contributed by atoms with E-state index in [0.29, 0.717) is 15.8 Å². The number of carbonyl (C=O) groups excluding carboxylic acids is 3. The average Bonchev–Trinajstić information content (AvgIpc) is 3.24. The Hall–Kier alpha value is -2.65. The van der Waals surface area contributed by atoms with Gasteiger partial charge in [-0.1, -0.05) is 30.0 Å². The van der Waals surface area contributed by atoms with Crippen LogP contribution < -0.4 is 10.1 Å². The summed E-state index contributed by atoms with van der Waals surface area (Å²) in [5.41, 5.74) is 0.797. The summed E-state index contributed by atoms with van der Waals surface area (Å²) in [6, 6.07) is 10.3.